The van der Waals surface area contributed by atoms with E-state index in [2.05, 4.69) is 19.9 Å². The molecule has 4 aliphatic rings. The third kappa shape index (κ3) is 7.59. The average Bonchev–Trinajstić information content (AvgIpc) is 2.93. The SMILES string of the molecule is CC(=O)OCC1OC(OCCC2(C)CCC3C(=CCC4C(C)(C(=O)O)CCCC34C)C2)C(OC(C)=O)C(OC(C)=O)C1OC(C)=O. The first kappa shape index (κ1) is 35.9. The second kappa shape index (κ2) is 14.0. The average molecular weight is 651 g/mol. The molecule has 10 unspecified atom stereocenters. The smallest absolute Gasteiger partial charge is 0.309 e. The molecule has 1 saturated heterocycles. The molecule has 12 heteroatoms. The summed E-state index contributed by atoms with van der Waals surface area (Å²) in [5.74, 6) is -2.90. The Morgan fingerprint density at radius 3 is 2.11 bits per heavy atom. The summed E-state index contributed by atoms with van der Waals surface area (Å²) >= 11 is 0. The van der Waals surface area contributed by atoms with Crippen LogP contribution in [0.15, 0.2) is 11.6 Å². The monoisotopic (exact) mass is 650 g/mol. The van der Waals surface area contributed by atoms with Crippen LogP contribution < -0.4 is 0 Å². The predicted octanol–water partition coefficient (Wildman–Crippen LogP) is 4.51. The van der Waals surface area contributed by atoms with Gasteiger partial charge in [0.15, 0.2) is 24.6 Å². The van der Waals surface area contributed by atoms with Gasteiger partial charge in [0.25, 0.3) is 0 Å². The van der Waals surface area contributed by atoms with E-state index >= 15 is 0 Å². The third-order valence-corrected chi connectivity index (χ3v) is 10.9. The van der Waals surface area contributed by atoms with Crippen molar-refractivity contribution in [3.63, 3.8) is 0 Å². The maximum atomic E-state index is 12.4. The van der Waals surface area contributed by atoms with E-state index in [9.17, 15) is 29.1 Å². The van der Waals surface area contributed by atoms with E-state index in [1.54, 1.807) is 0 Å². The van der Waals surface area contributed by atoms with Gasteiger partial charge in [-0.05, 0) is 74.5 Å². The summed E-state index contributed by atoms with van der Waals surface area (Å²) in [6.07, 6.45) is 3.11. The van der Waals surface area contributed by atoms with Gasteiger partial charge in [0, 0.05) is 27.7 Å². The van der Waals surface area contributed by atoms with E-state index in [1.165, 1.54) is 33.3 Å². The lowest BCUT2D eigenvalue weighted by molar-refractivity contribution is -0.309. The summed E-state index contributed by atoms with van der Waals surface area (Å²) in [4.78, 5) is 60.2. The van der Waals surface area contributed by atoms with Gasteiger partial charge in [0.05, 0.1) is 12.0 Å². The Balaban J connectivity index is 1.49. The Hall–Kier alpha value is -2.99. The van der Waals surface area contributed by atoms with Crippen LogP contribution in [0.5, 0.6) is 0 Å². The zero-order chi connectivity index (χ0) is 34.0. The van der Waals surface area contributed by atoms with Crippen molar-refractivity contribution < 1.29 is 57.5 Å². The minimum atomic E-state index is -1.27. The van der Waals surface area contributed by atoms with Gasteiger partial charge >= 0.3 is 29.8 Å². The topological polar surface area (TPSA) is 161 Å². The number of esters is 4. The van der Waals surface area contributed by atoms with Crippen molar-refractivity contribution in [1.29, 1.82) is 0 Å². The number of carbonyl (C=O) groups excluding carboxylic acids is 4. The number of hydrogen-bond acceptors (Lipinski definition) is 11. The van der Waals surface area contributed by atoms with E-state index in [0.29, 0.717) is 18.8 Å². The number of aliphatic carboxylic acids is 1. The second-order valence-corrected chi connectivity index (χ2v) is 14.4. The second-order valence-electron chi connectivity index (χ2n) is 14.4. The minimum absolute atomic E-state index is 0.0539. The summed E-state index contributed by atoms with van der Waals surface area (Å²) in [7, 11) is 0. The standard InChI is InChI=1S/C34H50O12/c1-19(35)42-18-25-27(43-20(2)36)28(44-21(3)37)29(45-22(4)38)30(46-25)41-16-15-32(5)14-11-24-23(17-32)9-10-26-33(24,6)12-8-13-34(26,7)31(39)40/h9,24-30H,8,10-18H2,1-7H3,(H,39,40). The molecule has 1 heterocycles. The van der Waals surface area contributed by atoms with Crippen LogP contribution in [-0.4, -0.2) is 78.9 Å². The molecule has 2 saturated carbocycles. The molecule has 10 atom stereocenters. The number of ether oxygens (including phenoxy) is 6. The van der Waals surface area contributed by atoms with Crippen LogP contribution >= 0.6 is 0 Å². The maximum absolute atomic E-state index is 12.4. The zero-order valence-electron chi connectivity index (χ0n) is 28.1. The Morgan fingerprint density at radius 1 is 0.870 bits per heavy atom. The van der Waals surface area contributed by atoms with Crippen molar-refractivity contribution in [3.05, 3.63) is 11.6 Å². The van der Waals surface area contributed by atoms with Gasteiger partial charge in [-0.1, -0.05) is 31.9 Å². The van der Waals surface area contributed by atoms with Crippen LogP contribution in [0.4, 0.5) is 0 Å². The predicted molar refractivity (Wildman–Crippen MR) is 162 cm³/mol. The van der Waals surface area contributed by atoms with Crippen molar-refractivity contribution >= 4 is 29.8 Å². The first-order valence-electron chi connectivity index (χ1n) is 16.3. The number of hydrogen-bond donors (Lipinski definition) is 1. The fraction of sp³-hybridized carbons (Fsp3) is 0.794. The fourth-order valence-electron chi connectivity index (χ4n) is 8.69. The number of carboxylic acid groups (broad SMARTS) is 1. The molecule has 0 aromatic heterocycles. The highest BCUT2D eigenvalue weighted by Gasteiger charge is 2.58. The molecule has 4 rings (SSSR count). The van der Waals surface area contributed by atoms with Crippen LogP contribution in [0.2, 0.25) is 0 Å². The van der Waals surface area contributed by atoms with Crippen LogP contribution in [0, 0.1) is 28.1 Å². The number of carboxylic acids is 1. The van der Waals surface area contributed by atoms with E-state index in [4.69, 9.17) is 28.4 Å². The lowest BCUT2D eigenvalue weighted by Crippen LogP contribution is -2.63. The Labute approximate surface area is 270 Å². The molecule has 0 aromatic carbocycles. The van der Waals surface area contributed by atoms with Crippen LogP contribution in [-0.2, 0) is 52.4 Å². The van der Waals surface area contributed by atoms with Gasteiger partial charge in [-0.15, -0.1) is 0 Å². The summed E-state index contributed by atoms with van der Waals surface area (Å²) in [5.41, 5.74) is 0.527. The molecule has 258 valence electrons. The first-order chi connectivity index (χ1) is 21.5. The molecule has 3 fully saturated rings. The molecule has 1 aliphatic heterocycles. The Bertz CT molecular complexity index is 1230. The van der Waals surface area contributed by atoms with Gasteiger partial charge in [0.1, 0.15) is 12.7 Å². The summed E-state index contributed by atoms with van der Waals surface area (Å²) < 4.78 is 33.9. The van der Waals surface area contributed by atoms with Gasteiger partial charge in [-0.2, -0.15) is 0 Å². The van der Waals surface area contributed by atoms with Gasteiger partial charge < -0.3 is 33.5 Å². The van der Waals surface area contributed by atoms with E-state index < -0.39 is 66.0 Å². The fourth-order valence-corrected chi connectivity index (χ4v) is 8.69. The zero-order valence-corrected chi connectivity index (χ0v) is 28.1. The molecule has 0 bridgehead atoms. The van der Waals surface area contributed by atoms with E-state index in [-0.39, 0.29) is 30.0 Å². The molecule has 12 nitrogen and oxygen atoms in total. The van der Waals surface area contributed by atoms with Gasteiger partial charge in [0.2, 0.25) is 0 Å². The number of allylic oxidation sites excluding steroid dienone is 2. The van der Waals surface area contributed by atoms with Crippen molar-refractivity contribution in [3.8, 4) is 0 Å². The molecule has 0 amide bonds. The largest absolute Gasteiger partial charge is 0.481 e. The Kier molecular flexibility index (Phi) is 10.9. The minimum Gasteiger partial charge on any atom is -0.481 e. The highest BCUT2D eigenvalue weighted by molar-refractivity contribution is 5.75. The van der Waals surface area contributed by atoms with Crippen LogP contribution in [0.1, 0.15) is 99.8 Å². The highest BCUT2D eigenvalue weighted by atomic mass is 16.7. The van der Waals surface area contributed by atoms with Gasteiger partial charge in [-0.3, -0.25) is 24.0 Å². The van der Waals surface area contributed by atoms with Crippen molar-refractivity contribution in [2.75, 3.05) is 13.2 Å². The molecule has 1 N–H and O–H groups in total. The molecule has 46 heavy (non-hydrogen) atoms. The molecule has 0 spiro atoms. The molecular weight excluding hydrogens is 600 g/mol. The summed E-state index contributed by atoms with van der Waals surface area (Å²) in [6.45, 7) is 11.1. The lowest BCUT2D eigenvalue weighted by Gasteiger charge is -2.58. The van der Waals surface area contributed by atoms with Crippen molar-refractivity contribution in [1.82, 2.24) is 0 Å². The van der Waals surface area contributed by atoms with E-state index in [1.807, 2.05) is 6.92 Å². The van der Waals surface area contributed by atoms with Gasteiger partial charge in [-0.25, -0.2) is 0 Å². The van der Waals surface area contributed by atoms with Crippen molar-refractivity contribution in [2.45, 2.75) is 131 Å². The number of rotatable bonds is 10. The highest BCUT2D eigenvalue weighted by Crippen LogP contribution is 2.64. The Morgan fingerprint density at radius 2 is 1.50 bits per heavy atom. The number of fused-ring (bicyclic) bond motifs is 3. The lowest BCUT2D eigenvalue weighted by atomic mass is 9.45. The summed E-state index contributed by atoms with van der Waals surface area (Å²) in [5, 5.41) is 10.1. The van der Waals surface area contributed by atoms with Crippen LogP contribution in [0.25, 0.3) is 0 Å². The first-order valence-corrected chi connectivity index (χ1v) is 16.3. The maximum Gasteiger partial charge on any atom is 0.309 e. The van der Waals surface area contributed by atoms with Crippen molar-refractivity contribution in [2.24, 2.45) is 28.1 Å². The molecule has 3 aliphatic carbocycles. The summed E-state index contributed by atoms with van der Waals surface area (Å²) in [6, 6.07) is 0. The third-order valence-electron chi connectivity index (χ3n) is 10.9. The number of carbonyl (C=O) groups is 5. The van der Waals surface area contributed by atoms with E-state index in [0.717, 1.165) is 38.5 Å². The molecule has 0 radical (unpaired) electrons. The van der Waals surface area contributed by atoms with Crippen LogP contribution in [0.3, 0.4) is 0 Å². The quantitative estimate of drug-likeness (QED) is 0.200. The molecule has 0 aromatic rings. The normalized spacial score (nSPS) is 38.7. The molecular formula is C34H50O12.